The van der Waals surface area contributed by atoms with Crippen LogP contribution >= 0.6 is 0 Å². The quantitative estimate of drug-likeness (QED) is 0.795. The molecule has 0 spiro atoms. The van der Waals surface area contributed by atoms with Gasteiger partial charge in [0.2, 0.25) is 5.91 Å². The first-order chi connectivity index (χ1) is 12.7. The summed E-state index contributed by atoms with van der Waals surface area (Å²) >= 11 is 0. The van der Waals surface area contributed by atoms with E-state index in [1.165, 1.54) is 12.8 Å². The van der Waals surface area contributed by atoms with Crippen LogP contribution in [0.25, 0.3) is 0 Å². The number of hydrogen-bond donors (Lipinski definition) is 0. The molecule has 2 aliphatic rings. The van der Waals surface area contributed by atoms with Crippen molar-refractivity contribution in [3.63, 3.8) is 0 Å². The van der Waals surface area contributed by atoms with Crippen molar-refractivity contribution in [1.29, 1.82) is 0 Å². The van der Waals surface area contributed by atoms with E-state index < -0.39 is 0 Å². The van der Waals surface area contributed by atoms with Gasteiger partial charge in [0.1, 0.15) is 12.4 Å². The second-order valence-electron chi connectivity index (χ2n) is 7.06. The lowest BCUT2D eigenvalue weighted by Gasteiger charge is -2.35. The monoisotopic (exact) mass is 363 g/mol. The van der Waals surface area contributed by atoms with Crippen LogP contribution in [0.1, 0.15) is 42.0 Å². The maximum atomic E-state index is 12.5. The molecule has 7 nitrogen and oxygen atoms in total. The third kappa shape index (κ3) is 4.86. The molecule has 3 rings (SSSR count). The molecule has 0 atom stereocenters. The van der Waals surface area contributed by atoms with Crippen molar-refractivity contribution < 1.29 is 18.7 Å². The molecule has 144 valence electrons. The van der Waals surface area contributed by atoms with Gasteiger partial charge in [-0.2, -0.15) is 0 Å². The Labute approximate surface area is 154 Å². The maximum Gasteiger partial charge on any atom is 0.289 e. The smallest absolute Gasteiger partial charge is 0.289 e. The summed E-state index contributed by atoms with van der Waals surface area (Å²) in [5.41, 5.74) is 0. The van der Waals surface area contributed by atoms with Crippen molar-refractivity contribution in [3.05, 3.63) is 23.7 Å². The second kappa shape index (κ2) is 9.19. The third-order valence-electron chi connectivity index (χ3n) is 5.14. The van der Waals surface area contributed by atoms with E-state index in [2.05, 4.69) is 4.90 Å². The highest BCUT2D eigenvalue weighted by Crippen LogP contribution is 2.14. The second-order valence-corrected chi connectivity index (χ2v) is 7.06. The van der Waals surface area contributed by atoms with Gasteiger partial charge in [0.25, 0.3) is 5.91 Å². The zero-order valence-electron chi connectivity index (χ0n) is 15.6. The highest BCUT2D eigenvalue weighted by Gasteiger charge is 2.26. The molecule has 2 aliphatic heterocycles. The molecule has 0 radical (unpaired) electrons. The molecule has 1 aromatic rings. The molecule has 2 saturated heterocycles. The van der Waals surface area contributed by atoms with Gasteiger partial charge >= 0.3 is 0 Å². The molecule has 0 aliphatic carbocycles. The van der Waals surface area contributed by atoms with Gasteiger partial charge in [-0.3, -0.25) is 14.5 Å². The highest BCUT2D eigenvalue weighted by molar-refractivity contribution is 5.91. The Morgan fingerprint density at radius 3 is 2.31 bits per heavy atom. The van der Waals surface area contributed by atoms with Crippen molar-refractivity contribution in [3.8, 4) is 0 Å². The van der Waals surface area contributed by atoms with Gasteiger partial charge in [-0.25, -0.2) is 0 Å². The van der Waals surface area contributed by atoms with Crippen LogP contribution in [0.4, 0.5) is 0 Å². The zero-order chi connectivity index (χ0) is 18.4. The van der Waals surface area contributed by atoms with Crippen LogP contribution in [0.2, 0.25) is 0 Å². The Morgan fingerprint density at radius 1 is 0.962 bits per heavy atom. The number of hydrogen-bond acceptors (Lipinski definition) is 5. The Morgan fingerprint density at radius 2 is 1.65 bits per heavy atom. The van der Waals surface area contributed by atoms with Crippen LogP contribution in [-0.4, -0.2) is 79.4 Å². The Bertz CT molecular complexity index is 600. The molecular weight excluding hydrogens is 334 g/mol. The first-order valence-electron chi connectivity index (χ1n) is 9.54. The van der Waals surface area contributed by atoms with E-state index in [4.69, 9.17) is 9.15 Å². The number of ether oxygens (including phenoxy) is 1. The highest BCUT2D eigenvalue weighted by atomic mass is 16.5. The Hall–Kier alpha value is -1.86. The van der Waals surface area contributed by atoms with Crippen LogP contribution in [0, 0.1) is 0 Å². The minimum absolute atomic E-state index is 0.0918. The van der Waals surface area contributed by atoms with E-state index >= 15 is 0 Å². The summed E-state index contributed by atoms with van der Waals surface area (Å²) in [5, 5.41) is 0. The largest absolute Gasteiger partial charge is 0.453 e. The fraction of sp³-hybridized carbons (Fsp3) is 0.684. The third-order valence-corrected chi connectivity index (χ3v) is 5.14. The summed E-state index contributed by atoms with van der Waals surface area (Å²) < 4.78 is 10.5. The molecule has 0 unspecified atom stereocenters. The number of piperazine rings is 1. The van der Waals surface area contributed by atoms with Gasteiger partial charge in [-0.1, -0.05) is 12.8 Å². The summed E-state index contributed by atoms with van der Waals surface area (Å²) in [7, 11) is 1.59. The summed E-state index contributed by atoms with van der Waals surface area (Å²) in [4.78, 5) is 31.0. The molecular formula is C19H29N3O4. The molecule has 2 fully saturated rings. The molecule has 0 aromatic carbocycles. The molecule has 7 heteroatoms. The Balaban J connectivity index is 1.45. The van der Waals surface area contributed by atoms with Gasteiger partial charge in [0, 0.05) is 46.4 Å². The van der Waals surface area contributed by atoms with Crippen molar-refractivity contribution in [1.82, 2.24) is 14.7 Å². The number of nitrogens with zero attached hydrogens (tertiary/aromatic N) is 3. The number of carbonyl (C=O) groups excluding carboxylic acids is 2. The normalized spacial score (nSPS) is 19.4. The summed E-state index contributed by atoms with van der Waals surface area (Å²) in [6.45, 7) is 5.27. The molecule has 0 N–H and O–H groups in total. The van der Waals surface area contributed by atoms with E-state index in [0.29, 0.717) is 37.8 Å². The van der Waals surface area contributed by atoms with Crippen LogP contribution in [0.5, 0.6) is 0 Å². The van der Waals surface area contributed by atoms with Gasteiger partial charge in [-0.05, 0) is 25.0 Å². The SMILES string of the molecule is COCc1ccc(C(=O)N2CCN(CC(=O)N3CCCCCC3)CC2)o1. The minimum atomic E-state index is -0.0918. The number of amides is 2. The maximum absolute atomic E-state index is 12.5. The summed E-state index contributed by atoms with van der Waals surface area (Å²) in [6.07, 6.45) is 4.68. The van der Waals surface area contributed by atoms with Gasteiger partial charge < -0.3 is 19.0 Å². The van der Waals surface area contributed by atoms with E-state index in [-0.39, 0.29) is 11.8 Å². The van der Waals surface area contributed by atoms with Crippen molar-refractivity contribution in [2.24, 2.45) is 0 Å². The molecule has 3 heterocycles. The lowest BCUT2D eigenvalue weighted by atomic mass is 10.2. The standard InChI is InChI=1S/C19H29N3O4/c1-25-15-16-6-7-17(26-16)19(24)22-12-10-20(11-13-22)14-18(23)21-8-4-2-3-5-9-21/h6-7H,2-5,8-15H2,1H3. The zero-order valence-corrected chi connectivity index (χ0v) is 15.6. The fourth-order valence-electron chi connectivity index (χ4n) is 3.59. The van der Waals surface area contributed by atoms with Crippen molar-refractivity contribution in [2.75, 3.05) is 52.9 Å². The van der Waals surface area contributed by atoms with E-state index in [9.17, 15) is 9.59 Å². The average Bonchev–Trinajstić information content (AvgIpc) is 2.94. The number of furan rings is 1. The minimum Gasteiger partial charge on any atom is -0.453 e. The number of likely N-dealkylation sites (tertiary alicyclic amines) is 1. The molecule has 0 bridgehead atoms. The summed E-state index contributed by atoms with van der Waals surface area (Å²) in [5.74, 6) is 1.14. The first kappa shape index (κ1) is 18.9. The van der Waals surface area contributed by atoms with Crippen LogP contribution in [0.15, 0.2) is 16.5 Å². The fourth-order valence-corrected chi connectivity index (χ4v) is 3.59. The van der Waals surface area contributed by atoms with Gasteiger partial charge in [0.05, 0.1) is 6.54 Å². The van der Waals surface area contributed by atoms with Crippen LogP contribution in [-0.2, 0) is 16.1 Å². The number of rotatable bonds is 5. The van der Waals surface area contributed by atoms with E-state index in [1.54, 1.807) is 24.1 Å². The number of carbonyl (C=O) groups is 2. The molecule has 0 saturated carbocycles. The summed E-state index contributed by atoms with van der Waals surface area (Å²) in [6, 6.07) is 3.47. The predicted molar refractivity (Wildman–Crippen MR) is 96.8 cm³/mol. The van der Waals surface area contributed by atoms with Gasteiger partial charge in [-0.15, -0.1) is 0 Å². The van der Waals surface area contributed by atoms with Crippen LogP contribution < -0.4 is 0 Å². The van der Waals surface area contributed by atoms with E-state index in [0.717, 1.165) is 39.0 Å². The van der Waals surface area contributed by atoms with Crippen LogP contribution in [0.3, 0.4) is 0 Å². The van der Waals surface area contributed by atoms with E-state index in [1.807, 2.05) is 4.90 Å². The average molecular weight is 363 g/mol. The predicted octanol–water partition coefficient (Wildman–Crippen LogP) is 1.59. The van der Waals surface area contributed by atoms with Crippen molar-refractivity contribution >= 4 is 11.8 Å². The first-order valence-corrected chi connectivity index (χ1v) is 9.54. The lowest BCUT2D eigenvalue weighted by Crippen LogP contribution is -2.51. The molecule has 2 amide bonds. The topological polar surface area (TPSA) is 66.2 Å². The lowest BCUT2D eigenvalue weighted by molar-refractivity contribution is -0.132. The number of methoxy groups -OCH3 is 1. The molecule has 1 aromatic heterocycles. The molecule has 26 heavy (non-hydrogen) atoms. The Kier molecular flexibility index (Phi) is 6.68. The van der Waals surface area contributed by atoms with Crippen molar-refractivity contribution in [2.45, 2.75) is 32.3 Å². The van der Waals surface area contributed by atoms with Gasteiger partial charge in [0.15, 0.2) is 5.76 Å².